The first kappa shape index (κ1) is 23.5. The molecule has 0 spiro atoms. The number of methoxy groups -OCH3 is 1. The maximum Gasteiger partial charge on any atom is 0.219 e. The highest BCUT2D eigenvalue weighted by molar-refractivity contribution is 14.0. The molecule has 0 radical (unpaired) electrons. The summed E-state index contributed by atoms with van der Waals surface area (Å²) in [6.07, 6.45) is 0.995. The first-order valence-electron chi connectivity index (χ1n) is 9.47. The average molecular weight is 488 g/mol. The number of carbonyl (C=O) groups excluding carboxylic acids is 1. The van der Waals surface area contributed by atoms with Crippen LogP contribution in [0.1, 0.15) is 38.7 Å². The summed E-state index contributed by atoms with van der Waals surface area (Å²) in [6, 6.07) is 8.26. The van der Waals surface area contributed by atoms with Gasteiger partial charge in [0.15, 0.2) is 5.96 Å². The van der Waals surface area contributed by atoms with Crippen molar-refractivity contribution in [3.8, 4) is 5.75 Å². The van der Waals surface area contributed by atoms with E-state index in [9.17, 15) is 4.79 Å². The van der Waals surface area contributed by atoms with Gasteiger partial charge in [0.05, 0.1) is 7.11 Å². The smallest absolute Gasteiger partial charge is 0.219 e. The molecule has 0 bridgehead atoms. The Balaban J connectivity index is 0.00000364. The largest absolute Gasteiger partial charge is 0.497 e. The van der Waals surface area contributed by atoms with Gasteiger partial charge in [-0.25, -0.2) is 0 Å². The van der Waals surface area contributed by atoms with E-state index in [0.717, 1.165) is 57.4 Å². The number of nitrogens with one attached hydrogen (secondary N) is 1. The maximum atomic E-state index is 11.5. The molecule has 27 heavy (non-hydrogen) atoms. The lowest BCUT2D eigenvalue weighted by atomic mass is 9.98. The van der Waals surface area contributed by atoms with Gasteiger partial charge in [0.2, 0.25) is 5.91 Å². The number of nitrogens with zero attached hydrogens (tertiary/aromatic N) is 3. The number of ether oxygens (including phenoxy) is 1. The van der Waals surface area contributed by atoms with E-state index in [4.69, 9.17) is 9.73 Å². The third kappa shape index (κ3) is 7.20. The highest BCUT2D eigenvalue weighted by Crippen LogP contribution is 2.21. The van der Waals surface area contributed by atoms with Gasteiger partial charge in [0.1, 0.15) is 5.75 Å². The number of rotatable bonds is 6. The summed E-state index contributed by atoms with van der Waals surface area (Å²) < 4.78 is 5.22. The van der Waals surface area contributed by atoms with Crippen LogP contribution in [0.2, 0.25) is 0 Å². The van der Waals surface area contributed by atoms with Crippen LogP contribution in [0, 0.1) is 0 Å². The SMILES string of the molecule is CCNC(=NCCC(C)c1ccc(OC)cc1)N1CCN(C(C)=O)CC1.I. The molecule has 0 aromatic heterocycles. The fraction of sp³-hybridized carbons (Fsp3) is 0.600. The Morgan fingerprint density at radius 3 is 2.30 bits per heavy atom. The molecule has 1 atom stereocenters. The summed E-state index contributed by atoms with van der Waals surface area (Å²) in [7, 11) is 1.69. The predicted molar refractivity (Wildman–Crippen MR) is 121 cm³/mol. The molecule has 152 valence electrons. The van der Waals surface area contributed by atoms with Crippen LogP contribution in [0.3, 0.4) is 0 Å². The maximum absolute atomic E-state index is 11.5. The van der Waals surface area contributed by atoms with Gasteiger partial charge in [-0.3, -0.25) is 9.79 Å². The fourth-order valence-corrected chi connectivity index (χ4v) is 3.12. The van der Waals surface area contributed by atoms with Crippen molar-refractivity contribution in [2.24, 2.45) is 4.99 Å². The van der Waals surface area contributed by atoms with Gasteiger partial charge in [-0.1, -0.05) is 19.1 Å². The number of aliphatic imine (C=N–C) groups is 1. The molecule has 1 aliphatic rings. The molecule has 2 rings (SSSR count). The van der Waals surface area contributed by atoms with Crippen LogP contribution >= 0.6 is 24.0 Å². The number of amides is 1. The molecule has 6 nitrogen and oxygen atoms in total. The van der Waals surface area contributed by atoms with Crippen LogP contribution in [-0.2, 0) is 4.79 Å². The lowest BCUT2D eigenvalue weighted by Gasteiger charge is -2.36. The first-order valence-corrected chi connectivity index (χ1v) is 9.47. The van der Waals surface area contributed by atoms with E-state index in [1.165, 1.54) is 5.56 Å². The summed E-state index contributed by atoms with van der Waals surface area (Å²) in [5.74, 6) is 2.44. The Hall–Kier alpha value is -1.51. The van der Waals surface area contributed by atoms with Gasteiger partial charge in [-0.05, 0) is 37.0 Å². The van der Waals surface area contributed by atoms with Crippen LogP contribution < -0.4 is 10.1 Å². The number of carbonyl (C=O) groups is 1. The molecule has 1 aromatic rings. The summed E-state index contributed by atoms with van der Waals surface area (Å²) in [5.41, 5.74) is 1.31. The van der Waals surface area contributed by atoms with Crippen molar-refractivity contribution in [3.63, 3.8) is 0 Å². The van der Waals surface area contributed by atoms with Gasteiger partial charge < -0.3 is 19.9 Å². The second kappa shape index (κ2) is 12.0. The fourth-order valence-electron chi connectivity index (χ4n) is 3.12. The molecule has 7 heteroatoms. The molecule has 1 aromatic carbocycles. The average Bonchev–Trinajstić information content (AvgIpc) is 2.67. The minimum atomic E-state index is 0. The van der Waals surface area contributed by atoms with Crippen molar-refractivity contribution in [2.75, 3.05) is 46.4 Å². The third-order valence-corrected chi connectivity index (χ3v) is 4.87. The number of hydrogen-bond acceptors (Lipinski definition) is 3. The molecule has 1 aliphatic heterocycles. The van der Waals surface area contributed by atoms with E-state index in [2.05, 4.69) is 36.2 Å². The molecule has 1 saturated heterocycles. The van der Waals surface area contributed by atoms with Gasteiger partial charge in [0.25, 0.3) is 0 Å². The van der Waals surface area contributed by atoms with Crippen molar-refractivity contribution in [3.05, 3.63) is 29.8 Å². The van der Waals surface area contributed by atoms with Crippen LogP contribution in [0.25, 0.3) is 0 Å². The van der Waals surface area contributed by atoms with E-state index in [1.807, 2.05) is 17.0 Å². The summed E-state index contributed by atoms with van der Waals surface area (Å²) in [4.78, 5) is 20.4. The Labute approximate surface area is 180 Å². The van der Waals surface area contributed by atoms with Crippen LogP contribution in [0.4, 0.5) is 0 Å². The third-order valence-electron chi connectivity index (χ3n) is 4.87. The van der Waals surface area contributed by atoms with Crippen molar-refractivity contribution >= 4 is 35.8 Å². The Morgan fingerprint density at radius 2 is 1.78 bits per heavy atom. The molecule has 0 saturated carbocycles. The Bertz CT molecular complexity index is 599. The van der Waals surface area contributed by atoms with E-state index in [1.54, 1.807) is 14.0 Å². The van der Waals surface area contributed by atoms with Gasteiger partial charge >= 0.3 is 0 Å². The van der Waals surface area contributed by atoms with Crippen molar-refractivity contribution in [1.82, 2.24) is 15.1 Å². The topological polar surface area (TPSA) is 57.2 Å². The first-order chi connectivity index (χ1) is 12.5. The quantitative estimate of drug-likeness (QED) is 0.380. The summed E-state index contributed by atoms with van der Waals surface area (Å²) >= 11 is 0. The van der Waals surface area contributed by atoms with Crippen molar-refractivity contribution in [1.29, 1.82) is 0 Å². The summed E-state index contributed by atoms with van der Waals surface area (Å²) in [6.45, 7) is 10.8. The Kier molecular flexibility index (Phi) is 10.5. The second-order valence-corrected chi connectivity index (χ2v) is 6.69. The van der Waals surface area contributed by atoms with Gasteiger partial charge in [0, 0.05) is 46.2 Å². The molecule has 1 amide bonds. The minimum Gasteiger partial charge on any atom is -0.497 e. The molecular formula is C20H33IN4O2. The number of piperazine rings is 1. The Morgan fingerprint density at radius 1 is 1.19 bits per heavy atom. The summed E-state index contributed by atoms with van der Waals surface area (Å²) in [5, 5.41) is 3.38. The van der Waals surface area contributed by atoms with Crippen LogP contribution in [-0.4, -0.2) is 68.0 Å². The number of halogens is 1. The minimum absolute atomic E-state index is 0. The van der Waals surface area contributed by atoms with Crippen molar-refractivity contribution in [2.45, 2.75) is 33.1 Å². The molecule has 1 unspecified atom stereocenters. The number of benzene rings is 1. The van der Waals surface area contributed by atoms with E-state index >= 15 is 0 Å². The van der Waals surface area contributed by atoms with Gasteiger partial charge in [-0.15, -0.1) is 24.0 Å². The van der Waals surface area contributed by atoms with Crippen LogP contribution in [0.5, 0.6) is 5.75 Å². The molecule has 1 N–H and O–H groups in total. The zero-order valence-electron chi connectivity index (χ0n) is 16.9. The number of hydrogen-bond donors (Lipinski definition) is 1. The van der Waals surface area contributed by atoms with Crippen LogP contribution in [0.15, 0.2) is 29.3 Å². The molecular weight excluding hydrogens is 455 g/mol. The zero-order valence-corrected chi connectivity index (χ0v) is 19.2. The lowest BCUT2D eigenvalue weighted by Crippen LogP contribution is -2.53. The van der Waals surface area contributed by atoms with E-state index in [-0.39, 0.29) is 29.9 Å². The van der Waals surface area contributed by atoms with E-state index < -0.39 is 0 Å². The zero-order chi connectivity index (χ0) is 18.9. The second-order valence-electron chi connectivity index (χ2n) is 6.69. The standard InChI is InChI=1S/C20H32N4O2.HI/c1-5-21-20(24-14-12-23(13-15-24)17(3)25)22-11-10-16(2)18-6-8-19(26-4)9-7-18;/h6-9,16H,5,10-15H2,1-4H3,(H,21,22);1H. The van der Waals surface area contributed by atoms with Crippen molar-refractivity contribution < 1.29 is 9.53 Å². The lowest BCUT2D eigenvalue weighted by molar-refractivity contribution is -0.130. The van der Waals surface area contributed by atoms with E-state index in [0.29, 0.717) is 5.92 Å². The monoisotopic (exact) mass is 488 g/mol. The molecule has 1 fully saturated rings. The molecule has 0 aliphatic carbocycles. The van der Waals surface area contributed by atoms with Gasteiger partial charge in [-0.2, -0.15) is 0 Å². The number of guanidine groups is 1. The molecule has 1 heterocycles. The predicted octanol–water partition coefficient (Wildman–Crippen LogP) is 2.94. The highest BCUT2D eigenvalue weighted by atomic mass is 127. The normalized spacial score (nSPS) is 15.8. The highest BCUT2D eigenvalue weighted by Gasteiger charge is 2.20.